The normalized spacial score (nSPS) is 21.2. The van der Waals surface area contributed by atoms with Gasteiger partial charge in [0.1, 0.15) is 37.0 Å². The molecule has 778 valence electrons. The number of benzene rings is 7. The number of hydrogen-bond donors (Lipinski definition) is 13. The van der Waals surface area contributed by atoms with Crippen LogP contribution < -0.4 is 136 Å². The van der Waals surface area contributed by atoms with Crippen LogP contribution in [0.15, 0.2) is 197 Å². The Morgan fingerprint density at radius 2 is 0.555 bits per heavy atom. The molecular weight excluding hydrogens is 1880 g/mol. The second-order valence-corrected chi connectivity index (χ2v) is 35.4. The van der Waals surface area contributed by atoms with Gasteiger partial charge < -0.3 is 139 Å². The van der Waals surface area contributed by atoms with Crippen LogP contribution in [0.2, 0.25) is 0 Å². The molecule has 1 saturated heterocycles. The second kappa shape index (κ2) is 48.1. The first kappa shape index (κ1) is 103. The van der Waals surface area contributed by atoms with Gasteiger partial charge in [-0.15, -0.1) is 0 Å². The molecule has 0 spiro atoms. The lowest BCUT2D eigenvalue weighted by atomic mass is 10.2. The maximum atomic E-state index is 5.72. The molecule has 14 aliphatic heterocycles. The molecule has 21 rings (SSSR count). The van der Waals surface area contributed by atoms with Crippen molar-refractivity contribution in [2.24, 2.45) is 81.4 Å². The van der Waals surface area contributed by atoms with E-state index in [1.54, 1.807) is 14.1 Å². The zero-order valence-corrected chi connectivity index (χ0v) is 85.8. The highest BCUT2D eigenvalue weighted by Crippen LogP contribution is 2.39. The molecule has 7 atom stereocenters. The van der Waals surface area contributed by atoms with E-state index in [4.69, 9.17) is 77.8 Å². The third-order valence-electron chi connectivity index (χ3n) is 22.7. The van der Waals surface area contributed by atoms with Gasteiger partial charge in [-0.05, 0) is 172 Å². The predicted molar refractivity (Wildman–Crippen MR) is 559 cm³/mol. The molecule has 0 aliphatic carbocycles. The fraction of sp³-hybridized carbons (Fsp3) is 0.423. The minimum absolute atomic E-state index is 0.000783. The van der Waals surface area contributed by atoms with E-state index in [-0.39, 0.29) is 70.3 Å². The van der Waals surface area contributed by atoms with Crippen molar-refractivity contribution in [1.82, 2.24) is 97.7 Å². The number of hydrogen-bond acceptors (Lipinski definition) is 40. The highest BCUT2D eigenvalue weighted by Gasteiger charge is 2.30. The standard InChI is InChI=1S/C16H23N5O2.C15H21N5O2.2C14H19N5O2.2C13H17N5O2.C12H15N5O2/c1-11-17-15(19(2)3)21(5)16(18-11)20(4)9-12-6-7-13-14(8-12)23-10-22-13;1-10-16-14(19(2)3)18-15(17-10)20(4)8-11-5-6-12-13(7-11)22-9-21-12;1-9-16-13(18-14(17-9)19(2)3)15-7-10-4-5-11-12(6-10)21-8-20-11;1-9-16-13(15-2)18-14(17-9)19(3)7-10-4-5-11-12(6-10)21-8-20-11;1-8-15-12(14)17-13(16-8)18(2)6-9-3-4-10-11(5-9)20-7-19-10;1-8-16-12(14-2)18-13(17-8)15-6-9-3-4-10-11(5-9)20-7-19-10;1-7-15-11(13)17-12(16-7)14-5-8-2-3-9-10(4-8)19-6-18-9/h6-8,11H,9-10H2,1-5H3;5-7,10H,8-9H2,1-4H3,(H,16,17,18);2*4-6,9H,7-8H2,1-3H3,(H2,15,16,17,18);3-5,8H,6-7H2,1-2H3,(H3,14,15,16,17);3-5,8H,6-7H2,1-2H3,(H3,14,15,16,17,18);2-4,7H,5-6H2,1H3,(H4,13,14,15,16,17). The van der Waals surface area contributed by atoms with Crippen LogP contribution in [0.4, 0.5) is 0 Å². The first-order valence-electron chi connectivity index (χ1n) is 47.3. The zero-order valence-electron chi connectivity index (χ0n) is 85.8. The molecular formula is C97H131N35O14. The molecule has 146 heavy (non-hydrogen) atoms. The van der Waals surface area contributed by atoms with Gasteiger partial charge >= 0.3 is 0 Å². The fourth-order valence-corrected chi connectivity index (χ4v) is 15.7. The van der Waals surface area contributed by atoms with Crippen molar-refractivity contribution in [1.29, 1.82) is 0 Å². The molecule has 0 amide bonds. The monoisotopic (exact) mass is 2010 g/mol. The van der Waals surface area contributed by atoms with Gasteiger partial charge in [0, 0.05) is 118 Å². The minimum atomic E-state index is -0.162. The molecule has 0 radical (unpaired) electrons. The lowest BCUT2D eigenvalue weighted by Crippen LogP contribution is -2.61. The number of aliphatic imine (C=N–C) groups is 14. The van der Waals surface area contributed by atoms with E-state index in [0.29, 0.717) is 88.9 Å². The highest BCUT2D eigenvalue weighted by molar-refractivity contribution is 6.04. The molecule has 0 saturated carbocycles. The van der Waals surface area contributed by atoms with E-state index in [0.717, 1.165) is 180 Å². The first-order valence-corrected chi connectivity index (χ1v) is 47.3. The Bertz CT molecular complexity index is 6260. The van der Waals surface area contributed by atoms with Crippen LogP contribution in [0.5, 0.6) is 80.5 Å². The van der Waals surface area contributed by atoms with Gasteiger partial charge in [0.25, 0.3) is 0 Å². The van der Waals surface area contributed by atoms with Crippen molar-refractivity contribution in [3.8, 4) is 80.5 Å². The molecule has 0 bridgehead atoms. The Morgan fingerprint density at radius 1 is 0.281 bits per heavy atom. The summed E-state index contributed by atoms with van der Waals surface area (Å²) < 4.78 is 74.8. The van der Waals surface area contributed by atoms with Crippen LogP contribution >= 0.6 is 0 Å². The average molecular weight is 2010 g/mol. The molecule has 14 heterocycles. The summed E-state index contributed by atoms with van der Waals surface area (Å²) in [7, 11) is 25.2. The van der Waals surface area contributed by atoms with Gasteiger partial charge in [0.05, 0.1) is 25.8 Å². The SMILES string of the molecule is CC1N=C(N(C)C)N(C)C(N(C)Cc2ccc3c(c2)OCO3)=N1.CC1N=C(N(C)C)NC(=NCc2ccc3c(c2)OCO3)N1.CC1N=C(N(C)C)NC(N(C)Cc2ccc3c(c2)OCO3)=N1.CC1N=C(N)NC(=NCc2ccc3c(c2)OCO3)N1.CC1N=C(N)NC(N(C)Cc2ccc3c(c2)OCO3)=N1.CN=C1NC(=NCc2ccc3c(c2)OCO3)NC(C)N1.CN=C1NC(N(C)Cc2ccc3c(c2)OCO3)=NC(C)N1. The largest absolute Gasteiger partial charge is 0.454 e. The molecule has 7 aromatic carbocycles. The summed E-state index contributed by atoms with van der Waals surface area (Å²) in [5.74, 6) is 21.0. The molecule has 7 aromatic rings. The number of guanidine groups is 14. The van der Waals surface area contributed by atoms with Crippen molar-refractivity contribution < 1.29 is 66.3 Å². The lowest BCUT2D eigenvalue weighted by molar-refractivity contribution is 0.173. The molecule has 14 aliphatic rings. The van der Waals surface area contributed by atoms with Crippen molar-refractivity contribution in [2.75, 3.05) is 139 Å². The highest BCUT2D eigenvalue weighted by atomic mass is 16.7. The average Bonchev–Trinajstić information content (AvgIpc) is 1.06. The maximum Gasteiger partial charge on any atom is 0.231 e. The van der Waals surface area contributed by atoms with E-state index in [9.17, 15) is 0 Å². The van der Waals surface area contributed by atoms with Crippen LogP contribution in [-0.4, -0.2) is 305 Å². The van der Waals surface area contributed by atoms with E-state index in [1.165, 1.54) is 0 Å². The Labute approximate surface area is 848 Å². The number of nitrogens with two attached hydrogens (primary N) is 2. The van der Waals surface area contributed by atoms with Crippen LogP contribution in [0, 0.1) is 0 Å². The van der Waals surface area contributed by atoms with E-state index in [2.05, 4.69) is 144 Å². The molecule has 15 N–H and O–H groups in total. The smallest absolute Gasteiger partial charge is 0.231 e. The van der Waals surface area contributed by atoms with E-state index in [1.807, 2.05) is 277 Å². The third-order valence-corrected chi connectivity index (χ3v) is 22.7. The maximum absolute atomic E-state index is 5.72. The summed E-state index contributed by atoms with van der Waals surface area (Å²) in [6, 6.07) is 41.4. The van der Waals surface area contributed by atoms with E-state index >= 15 is 0 Å². The molecule has 49 nitrogen and oxygen atoms in total. The fourth-order valence-electron chi connectivity index (χ4n) is 15.7. The number of ether oxygens (including phenoxy) is 14. The topological polar surface area (TPSA) is 513 Å². The summed E-state index contributed by atoms with van der Waals surface area (Å²) in [5.41, 5.74) is 19.0. The van der Waals surface area contributed by atoms with Gasteiger partial charge in [-0.25, -0.2) is 59.9 Å². The van der Waals surface area contributed by atoms with E-state index < -0.39 is 0 Å². The minimum Gasteiger partial charge on any atom is -0.454 e. The van der Waals surface area contributed by atoms with Gasteiger partial charge in [0.2, 0.25) is 89.3 Å². The summed E-state index contributed by atoms with van der Waals surface area (Å²) in [4.78, 5) is 77.6. The Morgan fingerprint density at radius 3 is 0.932 bits per heavy atom. The van der Waals surface area contributed by atoms with Crippen LogP contribution in [0.1, 0.15) is 87.4 Å². The van der Waals surface area contributed by atoms with Crippen molar-refractivity contribution in [3.05, 3.63) is 166 Å². The second-order valence-electron chi connectivity index (χ2n) is 35.4. The van der Waals surface area contributed by atoms with Crippen molar-refractivity contribution in [3.63, 3.8) is 0 Å². The molecule has 49 heteroatoms. The number of nitrogens with zero attached hydrogens (tertiary/aromatic N) is 22. The van der Waals surface area contributed by atoms with Gasteiger partial charge in [-0.1, -0.05) is 42.5 Å². The van der Waals surface area contributed by atoms with Crippen LogP contribution in [0.25, 0.3) is 0 Å². The predicted octanol–water partition coefficient (Wildman–Crippen LogP) is 4.91. The van der Waals surface area contributed by atoms with Crippen molar-refractivity contribution in [2.45, 2.75) is 137 Å². The number of rotatable bonds is 14. The van der Waals surface area contributed by atoms with Crippen LogP contribution in [-0.2, 0) is 45.8 Å². The summed E-state index contributed by atoms with van der Waals surface area (Å²) in [5, 5.41) is 34.3. The molecule has 0 aromatic heterocycles. The Balaban J connectivity index is 0.000000128. The number of nitrogens with one attached hydrogen (secondary N) is 11. The van der Waals surface area contributed by atoms with Gasteiger partial charge in [-0.2, -0.15) is 0 Å². The van der Waals surface area contributed by atoms with Crippen LogP contribution in [0.3, 0.4) is 0 Å². The quantitative estimate of drug-likeness (QED) is 0.0687. The Hall–Kier alpha value is -17.1. The zero-order chi connectivity index (χ0) is 103. The van der Waals surface area contributed by atoms with Crippen molar-refractivity contribution >= 4 is 83.4 Å². The summed E-state index contributed by atoms with van der Waals surface area (Å²) in [6.45, 7) is 20.2. The van der Waals surface area contributed by atoms with Gasteiger partial charge in [-0.3, -0.25) is 46.8 Å². The summed E-state index contributed by atoms with van der Waals surface area (Å²) in [6.07, 6.45) is -0.323. The van der Waals surface area contributed by atoms with Gasteiger partial charge in [0.15, 0.2) is 122 Å². The number of fused-ring (bicyclic) bond motifs is 7. The lowest BCUT2D eigenvalue weighted by Gasteiger charge is -2.35. The first-order chi connectivity index (χ1) is 70.3. The Kier molecular flexibility index (Phi) is 34.0. The molecule has 7 unspecified atom stereocenters. The summed E-state index contributed by atoms with van der Waals surface area (Å²) >= 11 is 0. The molecule has 1 fully saturated rings. The third kappa shape index (κ3) is 28.2.